The molecule has 1 heterocycles. The molecule has 0 amide bonds. The predicted octanol–water partition coefficient (Wildman–Crippen LogP) is 2.02. The molecule has 1 saturated heterocycles. The molecule has 1 saturated carbocycles. The maximum atomic E-state index is 5.44. The lowest BCUT2D eigenvalue weighted by molar-refractivity contribution is 0.0966. The monoisotopic (exact) mass is 228 g/mol. The number of hydrogen-bond donors (Lipinski definition) is 1. The van der Waals surface area contributed by atoms with Gasteiger partial charge in [0.05, 0.1) is 12.1 Å². The molecule has 15 heavy (non-hydrogen) atoms. The molecule has 0 aromatic heterocycles. The maximum absolute atomic E-state index is 5.44. The van der Waals surface area contributed by atoms with E-state index in [0.29, 0.717) is 12.1 Å². The Morgan fingerprint density at radius 3 is 2.87 bits per heavy atom. The molecular formula is C11H20N2OS. The summed E-state index contributed by atoms with van der Waals surface area (Å²) in [6, 6.07) is 0.374. The summed E-state index contributed by atoms with van der Waals surface area (Å²) in [6.07, 6.45) is 3.91. The summed E-state index contributed by atoms with van der Waals surface area (Å²) in [7, 11) is 1.79. The van der Waals surface area contributed by atoms with Crippen LogP contribution in [0.1, 0.15) is 33.1 Å². The standard InChI is InChI=1S/C11H20N2OS/c1-11(2)7-15-10(13-11)12-8-5-4-6-9(8)14-3/h8-9H,4-7H2,1-3H3,(H,12,13). The van der Waals surface area contributed by atoms with Crippen LogP contribution in [0.3, 0.4) is 0 Å². The van der Waals surface area contributed by atoms with Crippen LogP contribution in [0.15, 0.2) is 4.99 Å². The Morgan fingerprint density at radius 2 is 2.27 bits per heavy atom. The van der Waals surface area contributed by atoms with E-state index >= 15 is 0 Å². The van der Waals surface area contributed by atoms with Crippen LogP contribution in [0.5, 0.6) is 0 Å². The molecule has 0 radical (unpaired) electrons. The predicted molar refractivity (Wildman–Crippen MR) is 65.5 cm³/mol. The molecule has 2 fully saturated rings. The molecule has 0 aromatic carbocycles. The number of rotatable bonds is 2. The number of nitrogens with one attached hydrogen (secondary N) is 1. The molecule has 0 spiro atoms. The van der Waals surface area contributed by atoms with Gasteiger partial charge in [-0.05, 0) is 33.1 Å². The van der Waals surface area contributed by atoms with Crippen LogP contribution in [-0.4, -0.2) is 35.7 Å². The van der Waals surface area contributed by atoms with Gasteiger partial charge < -0.3 is 10.1 Å². The molecule has 3 nitrogen and oxygen atoms in total. The van der Waals surface area contributed by atoms with Crippen LogP contribution < -0.4 is 5.32 Å². The molecule has 4 heteroatoms. The molecule has 1 N–H and O–H groups in total. The summed E-state index contributed by atoms with van der Waals surface area (Å²) in [5.41, 5.74) is 0.199. The fourth-order valence-electron chi connectivity index (χ4n) is 2.16. The molecule has 2 unspecified atom stereocenters. The third kappa shape index (κ3) is 2.67. The van der Waals surface area contributed by atoms with Crippen molar-refractivity contribution in [3.63, 3.8) is 0 Å². The van der Waals surface area contributed by atoms with Gasteiger partial charge in [-0.25, -0.2) is 0 Å². The van der Waals surface area contributed by atoms with Gasteiger partial charge >= 0.3 is 0 Å². The van der Waals surface area contributed by atoms with Gasteiger partial charge in [0.15, 0.2) is 5.17 Å². The second-order valence-corrected chi connectivity index (χ2v) is 5.97. The minimum Gasteiger partial charge on any atom is -0.379 e. The first-order valence-corrected chi connectivity index (χ1v) is 6.61. The molecule has 2 aliphatic rings. The number of amidine groups is 1. The lowest BCUT2D eigenvalue weighted by Crippen LogP contribution is -2.37. The maximum Gasteiger partial charge on any atom is 0.157 e. The Balaban J connectivity index is 1.98. The normalized spacial score (nSPS) is 37.1. The zero-order valence-corrected chi connectivity index (χ0v) is 10.6. The van der Waals surface area contributed by atoms with Crippen LogP contribution in [-0.2, 0) is 4.74 Å². The van der Waals surface area contributed by atoms with Crippen molar-refractivity contribution >= 4 is 16.9 Å². The molecule has 0 bridgehead atoms. The van der Waals surface area contributed by atoms with Crippen molar-refractivity contribution in [1.29, 1.82) is 0 Å². The summed E-state index contributed by atoms with van der Waals surface area (Å²) in [6.45, 7) is 4.43. The minimum absolute atomic E-state index is 0.199. The summed E-state index contributed by atoms with van der Waals surface area (Å²) < 4.78 is 5.44. The highest BCUT2D eigenvalue weighted by Gasteiger charge is 2.31. The van der Waals surface area contributed by atoms with Crippen LogP contribution in [0.2, 0.25) is 0 Å². The lowest BCUT2D eigenvalue weighted by atomic mass is 10.1. The van der Waals surface area contributed by atoms with E-state index in [1.165, 1.54) is 12.8 Å². The first-order valence-electron chi connectivity index (χ1n) is 5.62. The summed E-state index contributed by atoms with van der Waals surface area (Å²) in [4.78, 5) is 4.77. The van der Waals surface area contributed by atoms with E-state index in [0.717, 1.165) is 17.3 Å². The number of aliphatic imine (C=N–C) groups is 1. The molecule has 86 valence electrons. The van der Waals surface area contributed by atoms with Gasteiger partial charge in [-0.3, -0.25) is 4.99 Å². The second-order valence-electron chi connectivity index (χ2n) is 5.00. The molecule has 1 aliphatic carbocycles. The number of methoxy groups -OCH3 is 1. The number of ether oxygens (including phenoxy) is 1. The van der Waals surface area contributed by atoms with Crippen molar-refractivity contribution < 1.29 is 4.74 Å². The van der Waals surface area contributed by atoms with E-state index in [9.17, 15) is 0 Å². The van der Waals surface area contributed by atoms with Crippen LogP contribution in [0.4, 0.5) is 0 Å². The topological polar surface area (TPSA) is 33.6 Å². The van der Waals surface area contributed by atoms with E-state index in [-0.39, 0.29) is 5.54 Å². The zero-order valence-electron chi connectivity index (χ0n) is 9.75. The molecule has 0 aromatic rings. The van der Waals surface area contributed by atoms with Gasteiger partial charge in [-0.15, -0.1) is 0 Å². The molecule has 2 rings (SSSR count). The van der Waals surface area contributed by atoms with E-state index < -0.39 is 0 Å². The summed E-state index contributed by atoms with van der Waals surface area (Å²) in [5.74, 6) is 1.11. The van der Waals surface area contributed by atoms with Crippen molar-refractivity contribution in [3.8, 4) is 0 Å². The molecular weight excluding hydrogens is 208 g/mol. The van der Waals surface area contributed by atoms with Crippen LogP contribution in [0.25, 0.3) is 0 Å². The van der Waals surface area contributed by atoms with Crippen LogP contribution in [0, 0.1) is 0 Å². The van der Waals surface area contributed by atoms with Gasteiger partial charge in [0.2, 0.25) is 0 Å². The van der Waals surface area contributed by atoms with Gasteiger partial charge in [-0.2, -0.15) is 0 Å². The lowest BCUT2D eigenvalue weighted by Gasteiger charge is -2.18. The van der Waals surface area contributed by atoms with Gasteiger partial charge in [0.1, 0.15) is 0 Å². The number of thioether (sulfide) groups is 1. The van der Waals surface area contributed by atoms with Crippen molar-refractivity contribution in [2.75, 3.05) is 12.9 Å². The fraction of sp³-hybridized carbons (Fsp3) is 0.909. The smallest absolute Gasteiger partial charge is 0.157 e. The number of hydrogen-bond acceptors (Lipinski definition) is 3. The molecule has 1 aliphatic heterocycles. The average Bonchev–Trinajstić information content (AvgIpc) is 2.73. The Kier molecular flexibility index (Phi) is 3.26. The Bertz CT molecular complexity index is 265. The highest BCUT2D eigenvalue weighted by molar-refractivity contribution is 8.14. The van der Waals surface area contributed by atoms with Crippen LogP contribution >= 0.6 is 11.8 Å². The largest absolute Gasteiger partial charge is 0.379 e. The first-order chi connectivity index (χ1) is 7.11. The van der Waals surface area contributed by atoms with Gasteiger partial charge in [-0.1, -0.05) is 11.8 Å². The Hall–Kier alpha value is -0.220. The van der Waals surface area contributed by atoms with E-state index in [1.54, 1.807) is 7.11 Å². The zero-order chi connectivity index (χ0) is 10.9. The fourth-order valence-corrected chi connectivity index (χ4v) is 3.29. The third-order valence-electron chi connectivity index (χ3n) is 3.02. The van der Waals surface area contributed by atoms with E-state index in [4.69, 9.17) is 9.73 Å². The highest BCUT2D eigenvalue weighted by Crippen LogP contribution is 2.28. The first kappa shape index (κ1) is 11.3. The van der Waals surface area contributed by atoms with Crippen molar-refractivity contribution in [2.24, 2.45) is 4.99 Å². The minimum atomic E-state index is 0.199. The summed E-state index contributed by atoms with van der Waals surface area (Å²) >= 11 is 1.83. The SMILES string of the molecule is COC1CCCC1N=C1NC(C)(C)CS1. The van der Waals surface area contributed by atoms with E-state index in [2.05, 4.69) is 19.2 Å². The van der Waals surface area contributed by atoms with Crippen molar-refractivity contribution in [2.45, 2.75) is 50.8 Å². The van der Waals surface area contributed by atoms with Gasteiger partial charge in [0.25, 0.3) is 0 Å². The average molecular weight is 228 g/mol. The van der Waals surface area contributed by atoms with Crippen molar-refractivity contribution in [3.05, 3.63) is 0 Å². The second kappa shape index (κ2) is 4.34. The Morgan fingerprint density at radius 1 is 1.47 bits per heavy atom. The van der Waals surface area contributed by atoms with Crippen molar-refractivity contribution in [1.82, 2.24) is 5.32 Å². The van der Waals surface area contributed by atoms with Gasteiger partial charge in [0, 0.05) is 18.4 Å². The third-order valence-corrected chi connectivity index (χ3v) is 4.37. The number of nitrogens with zero attached hydrogens (tertiary/aromatic N) is 1. The van der Waals surface area contributed by atoms with E-state index in [1.807, 2.05) is 11.8 Å². The Labute approximate surface area is 96.1 Å². The quantitative estimate of drug-likeness (QED) is 0.785. The summed E-state index contributed by atoms with van der Waals surface area (Å²) in [5, 5.41) is 4.56. The highest BCUT2D eigenvalue weighted by atomic mass is 32.2. The molecule has 2 atom stereocenters.